The van der Waals surface area contributed by atoms with Gasteiger partial charge in [-0.3, -0.25) is 4.79 Å². The molecule has 15 heavy (non-hydrogen) atoms. The topological polar surface area (TPSA) is 38.3 Å². The summed E-state index contributed by atoms with van der Waals surface area (Å²) in [6, 6.07) is 7.45. The van der Waals surface area contributed by atoms with Crippen LogP contribution in [0.1, 0.15) is 26.7 Å². The van der Waals surface area contributed by atoms with Gasteiger partial charge < -0.3 is 10.1 Å². The minimum absolute atomic E-state index is 0.0163. The number of rotatable bonds is 5. The van der Waals surface area contributed by atoms with Gasteiger partial charge in [-0.1, -0.05) is 19.9 Å². The molecule has 0 heterocycles. The highest BCUT2D eigenvalue weighted by Gasteiger charge is 2.00. The van der Waals surface area contributed by atoms with Crippen LogP contribution in [0.4, 0.5) is 5.69 Å². The molecule has 1 aromatic rings. The van der Waals surface area contributed by atoms with Crippen molar-refractivity contribution in [3.8, 4) is 5.75 Å². The number of carbonyl (C=O) groups excluding carboxylic acids is 1. The summed E-state index contributed by atoms with van der Waals surface area (Å²) in [5, 5.41) is 2.79. The van der Waals surface area contributed by atoms with E-state index in [1.165, 1.54) is 0 Å². The number of benzene rings is 1. The van der Waals surface area contributed by atoms with Crippen molar-refractivity contribution in [2.75, 3.05) is 11.9 Å². The van der Waals surface area contributed by atoms with Gasteiger partial charge in [0.2, 0.25) is 5.91 Å². The molecule has 0 aromatic heterocycles. The summed E-state index contributed by atoms with van der Waals surface area (Å²) in [6.07, 6.45) is 1.46. The lowest BCUT2D eigenvalue weighted by Gasteiger charge is -2.07. The van der Waals surface area contributed by atoms with E-state index in [-0.39, 0.29) is 5.91 Å². The molecule has 3 nitrogen and oxygen atoms in total. The van der Waals surface area contributed by atoms with Crippen LogP contribution in [0.3, 0.4) is 0 Å². The van der Waals surface area contributed by atoms with Gasteiger partial charge in [0, 0.05) is 18.2 Å². The molecule has 1 aromatic carbocycles. The van der Waals surface area contributed by atoms with Crippen LogP contribution in [0.25, 0.3) is 0 Å². The molecule has 0 radical (unpaired) electrons. The third-order valence-corrected chi connectivity index (χ3v) is 1.91. The molecular formula is C12H17NO2. The van der Waals surface area contributed by atoms with Gasteiger partial charge in [0.1, 0.15) is 5.75 Å². The van der Waals surface area contributed by atoms with Crippen LogP contribution in [-0.4, -0.2) is 12.5 Å². The van der Waals surface area contributed by atoms with E-state index in [9.17, 15) is 4.79 Å². The van der Waals surface area contributed by atoms with Crippen molar-refractivity contribution < 1.29 is 9.53 Å². The van der Waals surface area contributed by atoms with Gasteiger partial charge in [0.05, 0.1) is 6.61 Å². The minimum atomic E-state index is 0.0163. The minimum Gasteiger partial charge on any atom is -0.494 e. The average molecular weight is 207 g/mol. The molecule has 0 saturated carbocycles. The number of anilines is 1. The molecule has 0 unspecified atom stereocenters. The van der Waals surface area contributed by atoms with Gasteiger partial charge in [-0.25, -0.2) is 0 Å². The number of ether oxygens (including phenoxy) is 1. The van der Waals surface area contributed by atoms with Crippen molar-refractivity contribution in [1.82, 2.24) is 0 Å². The Kier molecular flexibility index (Phi) is 4.68. The predicted octanol–water partition coefficient (Wildman–Crippen LogP) is 2.82. The normalized spacial score (nSPS) is 9.73. The van der Waals surface area contributed by atoms with Gasteiger partial charge in [-0.2, -0.15) is 0 Å². The van der Waals surface area contributed by atoms with E-state index in [1.54, 1.807) is 0 Å². The number of amides is 1. The maximum atomic E-state index is 11.2. The van der Waals surface area contributed by atoms with Gasteiger partial charge in [0.15, 0.2) is 0 Å². The van der Waals surface area contributed by atoms with Crippen molar-refractivity contribution >= 4 is 11.6 Å². The van der Waals surface area contributed by atoms with Crippen molar-refractivity contribution in [1.29, 1.82) is 0 Å². The second-order valence-electron chi connectivity index (χ2n) is 3.28. The molecular weight excluding hydrogens is 190 g/mol. The van der Waals surface area contributed by atoms with E-state index in [2.05, 4.69) is 12.2 Å². The molecule has 0 aliphatic rings. The zero-order chi connectivity index (χ0) is 11.1. The van der Waals surface area contributed by atoms with Crippen LogP contribution >= 0.6 is 0 Å². The molecule has 82 valence electrons. The summed E-state index contributed by atoms with van der Waals surface area (Å²) in [4.78, 5) is 11.2. The smallest absolute Gasteiger partial charge is 0.224 e. The van der Waals surface area contributed by atoms with E-state index in [0.29, 0.717) is 13.0 Å². The molecule has 0 fully saturated rings. The summed E-state index contributed by atoms with van der Waals surface area (Å²) < 4.78 is 5.46. The van der Waals surface area contributed by atoms with Crippen molar-refractivity contribution in [2.24, 2.45) is 0 Å². The molecule has 0 atom stereocenters. The molecule has 3 heteroatoms. The summed E-state index contributed by atoms with van der Waals surface area (Å²) in [6.45, 7) is 4.58. The van der Waals surface area contributed by atoms with Crippen LogP contribution in [0, 0.1) is 0 Å². The first-order chi connectivity index (χ1) is 7.26. The second-order valence-corrected chi connectivity index (χ2v) is 3.28. The predicted molar refractivity (Wildman–Crippen MR) is 61.1 cm³/mol. The fraction of sp³-hybridized carbons (Fsp3) is 0.417. The standard InChI is InChI=1S/C12H17NO2/c1-3-8-15-11-7-5-6-10(9-11)13-12(14)4-2/h5-7,9H,3-4,8H2,1-2H3,(H,13,14). The van der Waals surface area contributed by atoms with E-state index >= 15 is 0 Å². The van der Waals surface area contributed by atoms with E-state index in [1.807, 2.05) is 31.2 Å². The summed E-state index contributed by atoms with van der Waals surface area (Å²) in [7, 11) is 0. The molecule has 0 bridgehead atoms. The Hall–Kier alpha value is -1.51. The molecule has 0 saturated heterocycles. The lowest BCUT2D eigenvalue weighted by atomic mass is 10.3. The maximum Gasteiger partial charge on any atom is 0.224 e. The van der Waals surface area contributed by atoms with Crippen LogP contribution in [0.5, 0.6) is 5.75 Å². The summed E-state index contributed by atoms with van der Waals surface area (Å²) in [5.74, 6) is 0.813. The molecule has 1 N–H and O–H groups in total. The van der Waals surface area contributed by atoms with Crippen LogP contribution in [0.2, 0.25) is 0 Å². The Labute approximate surface area is 90.4 Å². The SMILES string of the molecule is CCCOc1cccc(NC(=O)CC)c1. The van der Waals surface area contributed by atoms with Gasteiger partial charge in [-0.15, -0.1) is 0 Å². The Bertz CT molecular complexity index is 323. The van der Waals surface area contributed by atoms with Crippen molar-refractivity contribution in [3.63, 3.8) is 0 Å². The van der Waals surface area contributed by atoms with Gasteiger partial charge >= 0.3 is 0 Å². The first kappa shape index (κ1) is 11.6. The Balaban J connectivity index is 2.61. The largest absolute Gasteiger partial charge is 0.494 e. The first-order valence-electron chi connectivity index (χ1n) is 5.29. The lowest BCUT2D eigenvalue weighted by molar-refractivity contribution is -0.115. The number of nitrogens with one attached hydrogen (secondary N) is 1. The summed E-state index contributed by atoms with van der Waals surface area (Å²) in [5.41, 5.74) is 0.787. The van der Waals surface area contributed by atoms with Crippen LogP contribution in [0.15, 0.2) is 24.3 Å². The average Bonchev–Trinajstić information content (AvgIpc) is 2.26. The molecule has 0 aliphatic carbocycles. The highest BCUT2D eigenvalue weighted by atomic mass is 16.5. The Morgan fingerprint density at radius 2 is 2.20 bits per heavy atom. The molecule has 0 aliphatic heterocycles. The maximum absolute atomic E-state index is 11.2. The van der Waals surface area contributed by atoms with Crippen LogP contribution < -0.4 is 10.1 Å². The number of carbonyl (C=O) groups is 1. The molecule has 0 spiro atoms. The van der Waals surface area contributed by atoms with E-state index in [4.69, 9.17) is 4.74 Å². The molecule has 1 amide bonds. The van der Waals surface area contributed by atoms with Gasteiger partial charge in [0.25, 0.3) is 0 Å². The lowest BCUT2D eigenvalue weighted by Crippen LogP contribution is -2.09. The van der Waals surface area contributed by atoms with E-state index in [0.717, 1.165) is 17.9 Å². The highest BCUT2D eigenvalue weighted by Crippen LogP contribution is 2.17. The zero-order valence-electron chi connectivity index (χ0n) is 9.25. The second kappa shape index (κ2) is 6.06. The Morgan fingerprint density at radius 1 is 1.40 bits per heavy atom. The van der Waals surface area contributed by atoms with Crippen LogP contribution in [-0.2, 0) is 4.79 Å². The van der Waals surface area contributed by atoms with Crippen molar-refractivity contribution in [2.45, 2.75) is 26.7 Å². The first-order valence-corrected chi connectivity index (χ1v) is 5.29. The fourth-order valence-electron chi connectivity index (χ4n) is 1.13. The van der Waals surface area contributed by atoms with Crippen molar-refractivity contribution in [3.05, 3.63) is 24.3 Å². The van der Waals surface area contributed by atoms with E-state index < -0.39 is 0 Å². The fourth-order valence-corrected chi connectivity index (χ4v) is 1.13. The zero-order valence-corrected chi connectivity index (χ0v) is 9.25. The summed E-state index contributed by atoms with van der Waals surface area (Å²) >= 11 is 0. The highest BCUT2D eigenvalue weighted by molar-refractivity contribution is 5.90. The quantitative estimate of drug-likeness (QED) is 0.806. The third-order valence-electron chi connectivity index (χ3n) is 1.91. The molecule has 1 rings (SSSR count). The third kappa shape index (κ3) is 4.02. The number of hydrogen-bond donors (Lipinski definition) is 1. The monoisotopic (exact) mass is 207 g/mol. The van der Waals surface area contributed by atoms with Gasteiger partial charge in [-0.05, 0) is 18.6 Å². The number of hydrogen-bond acceptors (Lipinski definition) is 2. The Morgan fingerprint density at radius 3 is 2.87 bits per heavy atom.